The number of nitrogens with one attached hydrogen (secondary N) is 2. The number of aromatic nitrogens is 1. The molecule has 110 valence electrons. The third-order valence-electron chi connectivity index (χ3n) is 4.45. The third kappa shape index (κ3) is 2.39. The van der Waals surface area contributed by atoms with Crippen LogP contribution in [0, 0.1) is 5.92 Å². The molecule has 1 saturated carbocycles. The van der Waals surface area contributed by atoms with Crippen molar-refractivity contribution in [1.29, 1.82) is 0 Å². The van der Waals surface area contributed by atoms with Crippen molar-refractivity contribution in [3.8, 4) is 11.3 Å². The van der Waals surface area contributed by atoms with E-state index in [-0.39, 0.29) is 11.8 Å². The lowest BCUT2D eigenvalue weighted by Crippen LogP contribution is -2.27. The van der Waals surface area contributed by atoms with Crippen molar-refractivity contribution in [1.82, 2.24) is 4.98 Å². The maximum absolute atomic E-state index is 12.1. The zero-order valence-electron chi connectivity index (χ0n) is 12.3. The Kier molecular flexibility index (Phi) is 3.19. The Balaban J connectivity index is 1.61. The minimum Gasteiger partial charge on any atom is -0.355 e. The highest BCUT2D eigenvalue weighted by Gasteiger charge is 2.25. The highest BCUT2D eigenvalue weighted by molar-refractivity contribution is 5.94. The van der Waals surface area contributed by atoms with E-state index >= 15 is 0 Å². The van der Waals surface area contributed by atoms with E-state index in [1.54, 1.807) is 0 Å². The number of fused-ring (bicyclic) bond motifs is 1. The first kappa shape index (κ1) is 13.1. The lowest BCUT2D eigenvalue weighted by atomic mass is 9.85. The fourth-order valence-electron chi connectivity index (χ4n) is 2.91. The number of carbonyl (C=O) groups is 1. The minimum atomic E-state index is 0.153. The van der Waals surface area contributed by atoms with Crippen LogP contribution in [-0.2, 0) is 4.79 Å². The summed E-state index contributed by atoms with van der Waals surface area (Å²) in [6.45, 7) is 0. The summed E-state index contributed by atoms with van der Waals surface area (Å²) in [5.41, 5.74) is 4.15. The summed E-state index contributed by atoms with van der Waals surface area (Å²) >= 11 is 0. The van der Waals surface area contributed by atoms with Crippen LogP contribution in [-0.4, -0.2) is 10.9 Å². The largest absolute Gasteiger partial charge is 0.355 e. The molecule has 4 rings (SSSR count). The number of anilines is 1. The first-order valence-corrected chi connectivity index (χ1v) is 7.79. The number of H-pyrrole nitrogens is 1. The second-order valence-corrected chi connectivity index (χ2v) is 5.97. The molecule has 3 aromatic rings. The number of para-hydroxylation sites is 1. The summed E-state index contributed by atoms with van der Waals surface area (Å²) in [6, 6.07) is 18.4. The van der Waals surface area contributed by atoms with Crippen LogP contribution < -0.4 is 5.32 Å². The lowest BCUT2D eigenvalue weighted by molar-refractivity contribution is -0.122. The van der Waals surface area contributed by atoms with Gasteiger partial charge in [0.15, 0.2) is 0 Å². The first-order valence-electron chi connectivity index (χ1n) is 7.79. The van der Waals surface area contributed by atoms with Crippen LogP contribution in [0.1, 0.15) is 19.3 Å². The summed E-state index contributed by atoms with van der Waals surface area (Å²) in [7, 11) is 0. The van der Waals surface area contributed by atoms with E-state index in [1.807, 2.05) is 30.3 Å². The van der Waals surface area contributed by atoms with Crippen LogP contribution >= 0.6 is 0 Å². The SMILES string of the molecule is O=C(Nc1cccc(-c2cc3ccccc3[nH]2)c1)C1CCC1. The van der Waals surface area contributed by atoms with E-state index < -0.39 is 0 Å². The number of rotatable bonds is 3. The maximum Gasteiger partial charge on any atom is 0.227 e. The molecule has 1 amide bonds. The Bertz CT molecular complexity index is 797. The topological polar surface area (TPSA) is 44.9 Å². The minimum absolute atomic E-state index is 0.153. The van der Waals surface area contributed by atoms with Crippen LogP contribution in [0.5, 0.6) is 0 Å². The van der Waals surface area contributed by atoms with Crippen LogP contribution in [0.15, 0.2) is 54.6 Å². The van der Waals surface area contributed by atoms with Crippen molar-refractivity contribution in [2.24, 2.45) is 5.92 Å². The van der Waals surface area contributed by atoms with Crippen LogP contribution in [0.3, 0.4) is 0 Å². The molecule has 0 spiro atoms. The monoisotopic (exact) mass is 290 g/mol. The maximum atomic E-state index is 12.1. The number of amides is 1. The van der Waals surface area contributed by atoms with Gasteiger partial charge in [-0.05, 0) is 37.1 Å². The Hall–Kier alpha value is -2.55. The summed E-state index contributed by atoms with van der Waals surface area (Å²) in [6.07, 6.45) is 3.22. The molecule has 0 radical (unpaired) electrons. The highest BCUT2D eigenvalue weighted by Crippen LogP contribution is 2.29. The standard InChI is InChI=1S/C19H18N2O/c22-19(13-6-3-7-13)20-16-9-4-8-14(11-16)18-12-15-5-1-2-10-17(15)21-18/h1-2,4-5,8-13,21H,3,6-7H2,(H,20,22). The fourth-order valence-corrected chi connectivity index (χ4v) is 2.91. The van der Waals surface area contributed by atoms with Gasteiger partial charge in [-0.25, -0.2) is 0 Å². The third-order valence-corrected chi connectivity index (χ3v) is 4.45. The molecule has 1 aliphatic rings. The van der Waals surface area contributed by atoms with Gasteiger partial charge in [0.1, 0.15) is 0 Å². The van der Waals surface area contributed by atoms with Crippen molar-refractivity contribution < 1.29 is 4.79 Å². The highest BCUT2D eigenvalue weighted by atomic mass is 16.1. The number of hydrogen-bond acceptors (Lipinski definition) is 1. The molecule has 3 heteroatoms. The summed E-state index contributed by atoms with van der Waals surface area (Å²) < 4.78 is 0. The van der Waals surface area contributed by atoms with Gasteiger partial charge in [0.25, 0.3) is 0 Å². The molecule has 0 saturated heterocycles. The average Bonchev–Trinajstić information content (AvgIpc) is 2.89. The van der Waals surface area contributed by atoms with E-state index in [0.29, 0.717) is 0 Å². The molecular formula is C19H18N2O. The molecule has 2 aromatic carbocycles. The van der Waals surface area contributed by atoms with Gasteiger partial charge < -0.3 is 10.3 Å². The second-order valence-electron chi connectivity index (χ2n) is 5.97. The number of carbonyl (C=O) groups excluding carboxylic acids is 1. The van der Waals surface area contributed by atoms with Gasteiger partial charge in [0, 0.05) is 33.8 Å². The summed E-state index contributed by atoms with van der Waals surface area (Å²) in [4.78, 5) is 15.5. The summed E-state index contributed by atoms with van der Waals surface area (Å²) in [5, 5.41) is 4.23. The van der Waals surface area contributed by atoms with E-state index in [0.717, 1.165) is 35.3 Å². The molecule has 22 heavy (non-hydrogen) atoms. The molecule has 3 nitrogen and oxygen atoms in total. The van der Waals surface area contributed by atoms with Gasteiger partial charge in [0.2, 0.25) is 5.91 Å². The quantitative estimate of drug-likeness (QED) is 0.729. The van der Waals surface area contributed by atoms with E-state index in [2.05, 4.69) is 34.6 Å². The smallest absolute Gasteiger partial charge is 0.227 e. The van der Waals surface area contributed by atoms with Crippen molar-refractivity contribution in [3.63, 3.8) is 0 Å². The van der Waals surface area contributed by atoms with Gasteiger partial charge in [0.05, 0.1) is 0 Å². The number of benzene rings is 2. The van der Waals surface area contributed by atoms with Gasteiger partial charge in [-0.1, -0.05) is 36.8 Å². The van der Waals surface area contributed by atoms with E-state index in [1.165, 1.54) is 11.8 Å². The lowest BCUT2D eigenvalue weighted by Gasteiger charge is -2.24. The Labute approximate surface area is 129 Å². The van der Waals surface area contributed by atoms with E-state index in [9.17, 15) is 4.79 Å². The van der Waals surface area contributed by atoms with Gasteiger partial charge in [-0.2, -0.15) is 0 Å². The molecule has 0 bridgehead atoms. The first-order chi connectivity index (χ1) is 10.8. The van der Waals surface area contributed by atoms with Crippen molar-refractivity contribution >= 4 is 22.5 Å². The normalized spacial score (nSPS) is 14.7. The molecular weight excluding hydrogens is 272 g/mol. The predicted octanol–water partition coefficient (Wildman–Crippen LogP) is 4.57. The van der Waals surface area contributed by atoms with Crippen LogP contribution in [0.25, 0.3) is 22.2 Å². The molecule has 0 unspecified atom stereocenters. The Morgan fingerprint density at radius 1 is 1.05 bits per heavy atom. The Morgan fingerprint density at radius 2 is 1.91 bits per heavy atom. The number of hydrogen-bond donors (Lipinski definition) is 2. The molecule has 1 fully saturated rings. The van der Waals surface area contributed by atoms with Crippen molar-refractivity contribution in [2.45, 2.75) is 19.3 Å². The van der Waals surface area contributed by atoms with Gasteiger partial charge >= 0.3 is 0 Å². The number of aromatic amines is 1. The van der Waals surface area contributed by atoms with Gasteiger partial charge in [-0.15, -0.1) is 0 Å². The molecule has 1 aromatic heterocycles. The zero-order chi connectivity index (χ0) is 14.9. The van der Waals surface area contributed by atoms with Crippen LogP contribution in [0.4, 0.5) is 5.69 Å². The predicted molar refractivity (Wildman–Crippen MR) is 89.7 cm³/mol. The average molecular weight is 290 g/mol. The summed E-state index contributed by atoms with van der Waals surface area (Å²) in [5.74, 6) is 0.358. The van der Waals surface area contributed by atoms with Gasteiger partial charge in [-0.3, -0.25) is 4.79 Å². The van der Waals surface area contributed by atoms with E-state index in [4.69, 9.17) is 0 Å². The van der Waals surface area contributed by atoms with Crippen LogP contribution in [0.2, 0.25) is 0 Å². The molecule has 1 heterocycles. The second kappa shape index (κ2) is 5.34. The molecule has 1 aliphatic carbocycles. The molecule has 2 N–H and O–H groups in total. The Morgan fingerprint density at radius 3 is 2.68 bits per heavy atom. The van der Waals surface area contributed by atoms with Crippen molar-refractivity contribution in [3.05, 3.63) is 54.6 Å². The molecule has 0 atom stereocenters. The molecule has 0 aliphatic heterocycles. The van der Waals surface area contributed by atoms with Crippen molar-refractivity contribution in [2.75, 3.05) is 5.32 Å². The zero-order valence-corrected chi connectivity index (χ0v) is 12.3. The fraction of sp³-hybridized carbons (Fsp3) is 0.211.